The zero-order chi connectivity index (χ0) is 34.5. The Morgan fingerprint density at radius 2 is 0.957 bits per heavy atom. The van der Waals surface area contributed by atoms with E-state index in [2.05, 4.69) is 18.7 Å². The van der Waals surface area contributed by atoms with Gasteiger partial charge in [-0.15, -0.1) is 8.67 Å². The summed E-state index contributed by atoms with van der Waals surface area (Å²) in [6, 6.07) is 12.4. The lowest BCUT2D eigenvalue weighted by molar-refractivity contribution is -0.432. The summed E-state index contributed by atoms with van der Waals surface area (Å²) in [5, 5.41) is 44.5. The van der Waals surface area contributed by atoms with Gasteiger partial charge in [0.15, 0.2) is 11.6 Å². The molecule has 4 aromatic rings. The first-order valence-corrected chi connectivity index (χ1v) is 16.4. The van der Waals surface area contributed by atoms with Crippen LogP contribution in [0.3, 0.4) is 0 Å². The van der Waals surface area contributed by atoms with Gasteiger partial charge in [-0.1, -0.05) is 10.1 Å². The fourth-order valence-corrected chi connectivity index (χ4v) is 6.05. The van der Waals surface area contributed by atoms with Crippen molar-refractivity contribution in [2.24, 2.45) is 0 Å². The molecule has 0 unspecified atom stereocenters. The second kappa shape index (κ2) is 14.8. The first-order chi connectivity index (χ1) is 22.1. The predicted octanol–water partition coefficient (Wildman–Crippen LogP) is 4.70. The molecule has 0 amide bonds. The zero-order valence-electron chi connectivity index (χ0n) is 22.7. The van der Waals surface area contributed by atoms with Crippen LogP contribution in [0.25, 0.3) is 0 Å². The number of ether oxygens (including phenoxy) is 1. The number of ketones is 2. The highest BCUT2D eigenvalue weighted by Gasteiger charge is 2.23. The number of aromatic hydroxyl groups is 2. The van der Waals surface area contributed by atoms with Crippen molar-refractivity contribution in [2.45, 2.75) is 19.6 Å². The molecule has 248 valence electrons. The van der Waals surface area contributed by atoms with Gasteiger partial charge in [-0.05, 0) is 72.8 Å². The second-order valence-corrected chi connectivity index (χ2v) is 13.3. The molecule has 0 fully saturated rings. The van der Waals surface area contributed by atoms with Gasteiger partial charge in [0, 0.05) is 20.9 Å². The summed E-state index contributed by atoms with van der Waals surface area (Å²) in [7, 11) is -9.65. The Labute approximate surface area is 272 Å². The summed E-state index contributed by atoms with van der Waals surface area (Å²) in [5.74, 6) is -3.21. The van der Waals surface area contributed by atoms with E-state index in [-0.39, 0.29) is 32.4 Å². The smallest absolute Gasteiger partial charge is 0.294 e. The third-order valence-corrected chi connectivity index (χ3v) is 8.64. The minimum Gasteiger partial charge on any atom is -0.507 e. The number of carbonyl (C=O) groups is 2. The van der Waals surface area contributed by atoms with Gasteiger partial charge in [-0.3, -0.25) is 18.7 Å². The maximum Gasteiger partial charge on any atom is 0.294 e. The lowest BCUT2D eigenvalue weighted by Crippen LogP contribution is -2.06. The van der Waals surface area contributed by atoms with Crippen LogP contribution < -0.4 is 4.74 Å². The Kier molecular flexibility index (Phi) is 11.2. The minimum absolute atomic E-state index is 0.0963. The van der Waals surface area contributed by atoms with E-state index in [1.165, 1.54) is 12.1 Å². The minimum atomic E-state index is -4.82. The summed E-state index contributed by atoms with van der Waals surface area (Å²) in [4.78, 5) is 25.0. The Morgan fingerprint density at radius 3 is 1.30 bits per heavy atom. The van der Waals surface area contributed by atoms with Gasteiger partial charge in [0.2, 0.25) is 0 Å². The molecule has 47 heavy (non-hydrogen) atoms. The standard InChI is InChI=1S/C26H18O17S4/c27-23-3-1-15(9-21(23)25(29)13-5-17(44-42-40-31)11-19(7-13)46(33,34)35)39-16-2-4-24(28)22(10-16)26(30)14-6-18(45-43-41-32)12-20(8-14)47(36,37)38/h1-12,27-28,31-32H,(H,33,34,35)(H,36,37,38). The van der Waals surface area contributed by atoms with E-state index in [4.69, 9.17) is 15.3 Å². The number of rotatable bonds is 14. The zero-order valence-corrected chi connectivity index (χ0v) is 26.0. The van der Waals surface area contributed by atoms with Gasteiger partial charge in [-0.25, -0.2) is 10.5 Å². The van der Waals surface area contributed by atoms with E-state index < -0.39 is 64.2 Å². The predicted molar refractivity (Wildman–Crippen MR) is 157 cm³/mol. The molecular formula is C26H18O17S4. The van der Waals surface area contributed by atoms with Crippen LogP contribution >= 0.6 is 24.1 Å². The highest BCUT2D eigenvalue weighted by atomic mass is 32.2. The van der Waals surface area contributed by atoms with Crippen molar-refractivity contribution in [3.63, 3.8) is 0 Å². The molecule has 0 aliphatic heterocycles. The number of hydrogen-bond donors (Lipinski definition) is 6. The van der Waals surface area contributed by atoms with Crippen LogP contribution in [0.2, 0.25) is 0 Å². The van der Waals surface area contributed by atoms with Crippen molar-refractivity contribution in [3.8, 4) is 23.0 Å². The second-order valence-electron chi connectivity index (χ2n) is 8.91. The van der Waals surface area contributed by atoms with Crippen LogP contribution in [0.4, 0.5) is 0 Å². The molecule has 6 N–H and O–H groups in total. The number of benzene rings is 4. The number of hydrogen-bond acceptors (Lipinski definition) is 17. The van der Waals surface area contributed by atoms with Crippen molar-refractivity contribution in [3.05, 3.63) is 95.1 Å². The van der Waals surface area contributed by atoms with Crippen LogP contribution in [0.15, 0.2) is 92.4 Å². The van der Waals surface area contributed by atoms with Gasteiger partial charge in [0.1, 0.15) is 23.0 Å². The lowest BCUT2D eigenvalue weighted by Gasteiger charge is -2.12. The molecule has 0 radical (unpaired) electrons. The average Bonchev–Trinajstić information content (AvgIpc) is 3.02. The topological polar surface area (TPSA) is 270 Å². The highest BCUT2D eigenvalue weighted by molar-refractivity contribution is 7.94. The van der Waals surface area contributed by atoms with Crippen molar-refractivity contribution in [1.82, 2.24) is 0 Å². The van der Waals surface area contributed by atoms with Crippen LogP contribution in [-0.2, 0) is 39.0 Å². The normalized spacial score (nSPS) is 11.7. The molecule has 4 aromatic carbocycles. The molecule has 17 nitrogen and oxygen atoms in total. The molecule has 0 saturated heterocycles. The molecule has 0 heterocycles. The van der Waals surface area contributed by atoms with E-state index in [0.717, 1.165) is 60.7 Å². The summed E-state index contributed by atoms with van der Waals surface area (Å²) in [6.45, 7) is 0. The van der Waals surface area contributed by atoms with Crippen molar-refractivity contribution < 1.29 is 79.7 Å². The third-order valence-electron chi connectivity index (χ3n) is 5.86. The fourth-order valence-electron chi connectivity index (χ4n) is 3.88. The van der Waals surface area contributed by atoms with Crippen molar-refractivity contribution in [1.29, 1.82) is 0 Å². The van der Waals surface area contributed by atoms with Crippen molar-refractivity contribution >= 4 is 55.9 Å². The Hall–Kier alpha value is -4.10. The maximum absolute atomic E-state index is 13.3. The summed E-state index contributed by atoms with van der Waals surface area (Å²) < 4.78 is 80.2. The molecule has 0 aromatic heterocycles. The van der Waals surface area contributed by atoms with Gasteiger partial charge in [0.25, 0.3) is 20.2 Å². The van der Waals surface area contributed by atoms with Crippen LogP contribution in [0.1, 0.15) is 31.8 Å². The number of phenolic OH excluding ortho intramolecular Hbond substituents is 2. The number of carbonyl (C=O) groups excluding carboxylic acids is 2. The van der Waals surface area contributed by atoms with Crippen LogP contribution in [0.5, 0.6) is 23.0 Å². The molecule has 0 spiro atoms. The van der Waals surface area contributed by atoms with E-state index in [1.807, 2.05) is 0 Å². The molecule has 4 rings (SSSR count). The first-order valence-electron chi connectivity index (χ1n) is 12.1. The molecule has 0 atom stereocenters. The molecule has 0 saturated carbocycles. The SMILES string of the molecule is O=C(c1cc(SOOO)cc(S(=O)(=O)O)c1)c1cc(Oc2ccc(O)c(C(=O)c3cc(SOOO)cc(S(=O)(=O)O)c3)c2)ccc1O. The van der Waals surface area contributed by atoms with Gasteiger partial charge >= 0.3 is 0 Å². The Bertz CT molecular complexity index is 1920. The van der Waals surface area contributed by atoms with E-state index in [0.29, 0.717) is 24.1 Å². The summed E-state index contributed by atoms with van der Waals surface area (Å²) in [6.07, 6.45) is 0. The quantitative estimate of drug-likeness (QED) is 0.0337. The third kappa shape index (κ3) is 9.04. The van der Waals surface area contributed by atoms with E-state index in [9.17, 15) is 45.7 Å². The largest absolute Gasteiger partial charge is 0.507 e. The number of phenols is 2. The van der Waals surface area contributed by atoms with Crippen LogP contribution in [0, 0.1) is 0 Å². The van der Waals surface area contributed by atoms with Crippen molar-refractivity contribution in [2.75, 3.05) is 0 Å². The Balaban J connectivity index is 1.68. The monoisotopic (exact) mass is 730 g/mol. The van der Waals surface area contributed by atoms with Crippen LogP contribution in [-0.4, -0.2) is 58.2 Å². The van der Waals surface area contributed by atoms with Gasteiger partial charge in [0.05, 0.1) is 45.0 Å². The lowest BCUT2D eigenvalue weighted by atomic mass is 10.0. The van der Waals surface area contributed by atoms with E-state index in [1.54, 1.807) is 0 Å². The summed E-state index contributed by atoms with van der Waals surface area (Å²) in [5.41, 5.74) is -1.51. The average molecular weight is 731 g/mol. The van der Waals surface area contributed by atoms with Gasteiger partial charge < -0.3 is 14.9 Å². The van der Waals surface area contributed by atoms with E-state index >= 15 is 0 Å². The molecule has 0 aliphatic rings. The first kappa shape index (κ1) is 35.7. The Morgan fingerprint density at radius 1 is 0.574 bits per heavy atom. The molecule has 0 bridgehead atoms. The maximum atomic E-state index is 13.3. The fraction of sp³-hybridized carbons (Fsp3) is 0. The summed E-state index contributed by atoms with van der Waals surface area (Å²) >= 11 is 0.591. The van der Waals surface area contributed by atoms with Gasteiger partial charge in [-0.2, -0.15) is 16.8 Å². The molecule has 0 aliphatic carbocycles. The highest BCUT2D eigenvalue weighted by Crippen LogP contribution is 2.34. The molecule has 21 heteroatoms. The molecular weight excluding hydrogens is 713 g/mol.